The molecule has 2 aromatic carbocycles. The van der Waals surface area contributed by atoms with Gasteiger partial charge in [-0.2, -0.15) is 0 Å². The Morgan fingerprint density at radius 2 is 1.93 bits per heavy atom. The molecule has 2 heterocycles. The van der Waals surface area contributed by atoms with E-state index in [1.165, 1.54) is 18.7 Å². The first-order valence-corrected chi connectivity index (χ1v) is 10.3. The molecule has 1 aromatic heterocycles. The highest BCUT2D eigenvalue weighted by atomic mass is 32.2. The maximum atomic E-state index is 12.7. The van der Waals surface area contributed by atoms with E-state index < -0.39 is 0 Å². The molecular weight excluding hydrogens is 394 g/mol. The van der Waals surface area contributed by atoms with Crippen LogP contribution in [-0.2, 0) is 4.79 Å². The van der Waals surface area contributed by atoms with Crippen molar-refractivity contribution >= 4 is 51.5 Å². The fourth-order valence-corrected chi connectivity index (χ4v) is 4.46. The molecule has 0 aliphatic carbocycles. The standard InChI is InChI=1S/C20H15N3O3S2/c1-11(24)18-17(12-5-3-2-4-6-12)22-20(28-18)23-19(26)13-7-8-15-14(9-13)21-16(25)10-27-15/h2-9H,10H2,1H3,(H,21,25)(H,22,23,26). The van der Waals surface area contributed by atoms with E-state index in [4.69, 9.17) is 0 Å². The van der Waals surface area contributed by atoms with Crippen molar-refractivity contribution in [3.05, 3.63) is 59.0 Å². The molecule has 2 amide bonds. The van der Waals surface area contributed by atoms with Gasteiger partial charge >= 0.3 is 0 Å². The van der Waals surface area contributed by atoms with Gasteiger partial charge in [0.05, 0.1) is 22.0 Å². The van der Waals surface area contributed by atoms with Crippen molar-refractivity contribution in [1.82, 2.24) is 4.98 Å². The summed E-state index contributed by atoms with van der Waals surface area (Å²) in [6.45, 7) is 1.48. The van der Waals surface area contributed by atoms with E-state index in [1.807, 2.05) is 36.4 Å². The summed E-state index contributed by atoms with van der Waals surface area (Å²) in [5.74, 6) is -0.177. The van der Waals surface area contributed by atoms with Gasteiger partial charge in [-0.1, -0.05) is 41.7 Å². The number of rotatable bonds is 4. The predicted octanol–water partition coefficient (Wildman–Crippen LogP) is 4.31. The van der Waals surface area contributed by atoms with Crippen LogP contribution in [0.5, 0.6) is 0 Å². The minimum Gasteiger partial charge on any atom is -0.324 e. The Kier molecular flexibility index (Phi) is 4.97. The SMILES string of the molecule is CC(=O)c1sc(NC(=O)c2ccc3c(c2)NC(=O)CS3)nc1-c1ccccc1. The molecule has 3 aromatic rings. The molecule has 140 valence electrons. The Morgan fingerprint density at radius 3 is 2.68 bits per heavy atom. The van der Waals surface area contributed by atoms with Gasteiger partial charge in [0, 0.05) is 22.9 Å². The molecule has 2 N–H and O–H groups in total. The van der Waals surface area contributed by atoms with Gasteiger partial charge in [0.25, 0.3) is 5.91 Å². The fraction of sp³-hybridized carbons (Fsp3) is 0.100. The third kappa shape index (κ3) is 3.69. The van der Waals surface area contributed by atoms with E-state index in [-0.39, 0.29) is 17.6 Å². The fourth-order valence-electron chi connectivity index (χ4n) is 2.80. The van der Waals surface area contributed by atoms with Gasteiger partial charge in [-0.3, -0.25) is 19.7 Å². The number of nitrogens with one attached hydrogen (secondary N) is 2. The van der Waals surface area contributed by atoms with E-state index >= 15 is 0 Å². The Morgan fingerprint density at radius 1 is 1.14 bits per heavy atom. The van der Waals surface area contributed by atoms with Crippen molar-refractivity contribution in [1.29, 1.82) is 0 Å². The van der Waals surface area contributed by atoms with Crippen molar-refractivity contribution < 1.29 is 14.4 Å². The van der Waals surface area contributed by atoms with Crippen LogP contribution in [0.3, 0.4) is 0 Å². The molecule has 0 unspecified atom stereocenters. The molecular formula is C20H15N3O3S2. The highest BCUT2D eigenvalue weighted by Crippen LogP contribution is 2.34. The number of thioether (sulfide) groups is 1. The van der Waals surface area contributed by atoms with Gasteiger partial charge < -0.3 is 5.32 Å². The Balaban J connectivity index is 1.61. The largest absolute Gasteiger partial charge is 0.324 e. The predicted molar refractivity (Wildman–Crippen MR) is 111 cm³/mol. The van der Waals surface area contributed by atoms with E-state index in [1.54, 1.807) is 12.1 Å². The summed E-state index contributed by atoms with van der Waals surface area (Å²) in [6, 6.07) is 14.5. The zero-order valence-corrected chi connectivity index (χ0v) is 16.4. The lowest BCUT2D eigenvalue weighted by molar-refractivity contribution is -0.113. The summed E-state index contributed by atoms with van der Waals surface area (Å²) in [5.41, 5.74) is 2.41. The molecule has 6 nitrogen and oxygen atoms in total. The molecule has 4 rings (SSSR count). The third-order valence-corrected chi connectivity index (χ3v) is 6.23. The number of nitrogens with zero attached hydrogens (tertiary/aromatic N) is 1. The maximum Gasteiger partial charge on any atom is 0.257 e. The van der Waals surface area contributed by atoms with Gasteiger partial charge in [0.15, 0.2) is 10.9 Å². The molecule has 0 fully saturated rings. The molecule has 0 radical (unpaired) electrons. The normalized spacial score (nSPS) is 12.8. The molecule has 28 heavy (non-hydrogen) atoms. The second-order valence-corrected chi connectivity index (χ2v) is 8.14. The van der Waals surface area contributed by atoms with Gasteiger partial charge in [0.2, 0.25) is 5.91 Å². The number of aromatic nitrogens is 1. The van der Waals surface area contributed by atoms with Crippen LogP contribution in [0.15, 0.2) is 53.4 Å². The summed E-state index contributed by atoms with van der Waals surface area (Å²) in [5, 5.41) is 5.88. The number of Topliss-reactive ketones (excluding diaryl/α,β-unsaturated/α-hetero) is 1. The maximum absolute atomic E-state index is 12.7. The first kappa shape index (κ1) is 18.4. The minimum absolute atomic E-state index is 0.0893. The highest BCUT2D eigenvalue weighted by Gasteiger charge is 2.20. The van der Waals surface area contributed by atoms with Crippen LogP contribution in [0.2, 0.25) is 0 Å². The van der Waals surface area contributed by atoms with Crippen LogP contribution in [-0.4, -0.2) is 28.3 Å². The molecule has 0 spiro atoms. The zero-order chi connectivity index (χ0) is 19.7. The minimum atomic E-state index is -0.351. The van der Waals surface area contributed by atoms with Crippen LogP contribution in [0.1, 0.15) is 27.0 Å². The number of ketones is 1. The second-order valence-electron chi connectivity index (χ2n) is 6.12. The number of fused-ring (bicyclic) bond motifs is 1. The van der Waals surface area contributed by atoms with Crippen LogP contribution >= 0.6 is 23.1 Å². The Labute approximate surface area is 169 Å². The number of hydrogen-bond acceptors (Lipinski definition) is 6. The summed E-state index contributed by atoms with van der Waals surface area (Å²) in [4.78, 5) is 42.1. The lowest BCUT2D eigenvalue weighted by atomic mass is 10.1. The van der Waals surface area contributed by atoms with Crippen molar-refractivity contribution in [2.45, 2.75) is 11.8 Å². The zero-order valence-electron chi connectivity index (χ0n) is 14.8. The van der Waals surface area contributed by atoms with E-state index in [2.05, 4.69) is 15.6 Å². The van der Waals surface area contributed by atoms with Crippen LogP contribution < -0.4 is 10.6 Å². The lowest BCUT2D eigenvalue weighted by Crippen LogP contribution is -2.19. The monoisotopic (exact) mass is 409 g/mol. The molecule has 1 aliphatic rings. The molecule has 8 heteroatoms. The van der Waals surface area contributed by atoms with Gasteiger partial charge in [0.1, 0.15) is 0 Å². The molecule has 0 atom stereocenters. The molecule has 0 saturated carbocycles. The Hall–Kier alpha value is -2.97. The van der Waals surface area contributed by atoms with E-state index in [0.717, 1.165) is 21.8 Å². The smallest absolute Gasteiger partial charge is 0.257 e. The van der Waals surface area contributed by atoms with Crippen LogP contribution in [0, 0.1) is 0 Å². The van der Waals surface area contributed by atoms with Gasteiger partial charge in [-0.15, -0.1) is 11.8 Å². The molecule has 0 saturated heterocycles. The summed E-state index contributed by atoms with van der Waals surface area (Å²) >= 11 is 2.58. The van der Waals surface area contributed by atoms with Crippen molar-refractivity contribution in [2.75, 3.05) is 16.4 Å². The summed E-state index contributed by atoms with van der Waals surface area (Å²) < 4.78 is 0. The first-order chi connectivity index (χ1) is 13.5. The third-order valence-electron chi connectivity index (χ3n) is 4.09. The lowest BCUT2D eigenvalue weighted by Gasteiger charge is -2.16. The number of carbonyl (C=O) groups is 3. The number of amides is 2. The first-order valence-electron chi connectivity index (χ1n) is 8.46. The quantitative estimate of drug-likeness (QED) is 0.627. The van der Waals surface area contributed by atoms with Crippen LogP contribution in [0.25, 0.3) is 11.3 Å². The number of benzene rings is 2. The van der Waals surface area contributed by atoms with E-state index in [9.17, 15) is 14.4 Å². The number of thiazole rings is 1. The average molecular weight is 409 g/mol. The highest BCUT2D eigenvalue weighted by molar-refractivity contribution is 8.00. The van der Waals surface area contributed by atoms with Crippen molar-refractivity contribution in [2.24, 2.45) is 0 Å². The second kappa shape index (κ2) is 7.57. The molecule has 1 aliphatic heterocycles. The average Bonchev–Trinajstić information content (AvgIpc) is 3.12. The topological polar surface area (TPSA) is 88.2 Å². The number of anilines is 2. The van der Waals surface area contributed by atoms with Gasteiger partial charge in [-0.25, -0.2) is 4.98 Å². The summed E-state index contributed by atoms with van der Waals surface area (Å²) in [6.07, 6.45) is 0. The van der Waals surface area contributed by atoms with Crippen molar-refractivity contribution in [3.63, 3.8) is 0 Å². The Bertz CT molecular complexity index is 1090. The summed E-state index contributed by atoms with van der Waals surface area (Å²) in [7, 11) is 0. The van der Waals surface area contributed by atoms with Crippen molar-refractivity contribution in [3.8, 4) is 11.3 Å². The van der Waals surface area contributed by atoms with Crippen LogP contribution in [0.4, 0.5) is 10.8 Å². The molecule has 0 bridgehead atoms. The number of carbonyl (C=O) groups excluding carboxylic acids is 3. The van der Waals surface area contributed by atoms with E-state index in [0.29, 0.717) is 32.7 Å². The van der Waals surface area contributed by atoms with Gasteiger partial charge in [-0.05, 0) is 18.2 Å². The number of hydrogen-bond donors (Lipinski definition) is 2.